The Morgan fingerprint density at radius 1 is 1.80 bits per heavy atom. The van der Waals surface area contributed by atoms with Gasteiger partial charge >= 0.3 is 29.6 Å². The third-order valence-electron chi connectivity index (χ3n) is 0.154. The molecule has 0 aliphatic rings. The van der Waals surface area contributed by atoms with Gasteiger partial charge in [0.15, 0.2) is 0 Å². The first-order valence-electron chi connectivity index (χ1n) is 1.33. The second-order valence-electron chi connectivity index (χ2n) is 0.563. The Morgan fingerprint density at radius 3 is 2.00 bits per heavy atom. The average molecular weight is 145 g/mol. The van der Waals surface area contributed by atoms with E-state index >= 15 is 0 Å². The standard InChI is InChI=1S/C3H6Br.Na/c1-2-3-4;/h3H,2H2,1H3;/q-1;+1. The zero-order valence-corrected chi connectivity index (χ0v) is 7.25. The molecule has 0 aliphatic heterocycles. The second kappa shape index (κ2) is 9.08. The van der Waals surface area contributed by atoms with Crippen molar-refractivity contribution < 1.29 is 29.6 Å². The van der Waals surface area contributed by atoms with Crippen LogP contribution in [0.4, 0.5) is 0 Å². The van der Waals surface area contributed by atoms with Crippen LogP contribution in [0.3, 0.4) is 0 Å². The van der Waals surface area contributed by atoms with Crippen molar-refractivity contribution in [3.8, 4) is 0 Å². The predicted molar refractivity (Wildman–Crippen MR) is 23.5 cm³/mol. The molecule has 0 fully saturated rings. The fourth-order valence-electron chi connectivity index (χ4n) is 0. The number of rotatable bonds is 1. The van der Waals surface area contributed by atoms with E-state index in [2.05, 4.69) is 22.9 Å². The average Bonchev–Trinajstić information content (AvgIpc) is 1.37. The minimum atomic E-state index is 0. The van der Waals surface area contributed by atoms with Gasteiger partial charge in [-0.2, -0.15) is 6.42 Å². The Morgan fingerprint density at radius 2 is 2.00 bits per heavy atom. The van der Waals surface area contributed by atoms with E-state index in [4.69, 9.17) is 0 Å². The van der Waals surface area contributed by atoms with Gasteiger partial charge in [0.05, 0.1) is 0 Å². The molecule has 0 aromatic carbocycles. The molecule has 0 aliphatic carbocycles. The van der Waals surface area contributed by atoms with Crippen LogP contribution in [-0.2, 0) is 0 Å². The van der Waals surface area contributed by atoms with Crippen LogP contribution in [0.2, 0.25) is 0 Å². The molecule has 0 aromatic heterocycles. The van der Waals surface area contributed by atoms with Gasteiger partial charge < -0.3 is 15.9 Å². The van der Waals surface area contributed by atoms with Crippen LogP contribution in [0, 0.1) is 5.33 Å². The molecule has 2 heteroatoms. The summed E-state index contributed by atoms with van der Waals surface area (Å²) >= 11 is 3.12. The van der Waals surface area contributed by atoms with Gasteiger partial charge in [-0.15, -0.1) is 0 Å². The van der Waals surface area contributed by atoms with Crippen LogP contribution in [0.5, 0.6) is 0 Å². The van der Waals surface area contributed by atoms with E-state index < -0.39 is 0 Å². The molecule has 0 aromatic rings. The Kier molecular flexibility index (Phi) is 17.6. The first-order valence-corrected chi connectivity index (χ1v) is 2.25. The van der Waals surface area contributed by atoms with Gasteiger partial charge in [0.1, 0.15) is 0 Å². The van der Waals surface area contributed by atoms with Crippen molar-refractivity contribution in [1.82, 2.24) is 0 Å². The Balaban J connectivity index is 0. The van der Waals surface area contributed by atoms with Gasteiger partial charge in [-0.25, -0.2) is 0 Å². The number of hydrogen-bond acceptors (Lipinski definition) is 0. The second-order valence-corrected chi connectivity index (χ2v) is 1.21. The van der Waals surface area contributed by atoms with E-state index in [0.29, 0.717) is 0 Å². The molecule has 0 rings (SSSR count). The summed E-state index contributed by atoms with van der Waals surface area (Å²) < 4.78 is 0. The van der Waals surface area contributed by atoms with Crippen LogP contribution >= 0.6 is 15.9 Å². The summed E-state index contributed by atoms with van der Waals surface area (Å²) in [4.78, 5) is 0. The zero-order valence-electron chi connectivity index (χ0n) is 3.66. The molecule has 0 amide bonds. The predicted octanol–water partition coefficient (Wildman–Crippen LogP) is -1.04. The molecule has 0 unspecified atom stereocenters. The molecule has 0 atom stereocenters. The zero-order chi connectivity index (χ0) is 3.41. The largest absolute Gasteiger partial charge is 1.00 e. The topological polar surface area (TPSA) is 0 Å². The van der Waals surface area contributed by atoms with Crippen LogP contribution in [0.1, 0.15) is 13.3 Å². The van der Waals surface area contributed by atoms with Crippen LogP contribution < -0.4 is 29.6 Å². The minimum Gasteiger partial charge on any atom is -0.320 e. The third-order valence-corrected chi connectivity index (χ3v) is 0.802. The Bertz CT molecular complexity index is 8.85. The quantitative estimate of drug-likeness (QED) is 0.326. The van der Waals surface area contributed by atoms with Crippen molar-refractivity contribution >= 4 is 15.9 Å². The van der Waals surface area contributed by atoms with Crippen molar-refractivity contribution in [3.05, 3.63) is 5.33 Å². The first kappa shape index (κ1) is 9.70. The van der Waals surface area contributed by atoms with Gasteiger partial charge in [0.2, 0.25) is 0 Å². The van der Waals surface area contributed by atoms with Crippen molar-refractivity contribution in [2.45, 2.75) is 13.3 Å². The van der Waals surface area contributed by atoms with E-state index in [1.807, 2.05) is 5.33 Å². The van der Waals surface area contributed by atoms with Gasteiger partial charge in [-0.1, -0.05) is 6.92 Å². The molecule has 0 nitrogen and oxygen atoms in total. The summed E-state index contributed by atoms with van der Waals surface area (Å²) in [5.41, 5.74) is 0. The van der Waals surface area contributed by atoms with Gasteiger partial charge in [0.25, 0.3) is 0 Å². The Hall–Kier alpha value is 1.48. The summed E-state index contributed by atoms with van der Waals surface area (Å²) in [5, 5.41) is 1.94. The molecule has 26 valence electrons. The van der Waals surface area contributed by atoms with Crippen molar-refractivity contribution in [2.75, 3.05) is 0 Å². The monoisotopic (exact) mass is 144 g/mol. The van der Waals surface area contributed by atoms with E-state index in [-0.39, 0.29) is 29.6 Å². The minimum absolute atomic E-state index is 0. The summed E-state index contributed by atoms with van der Waals surface area (Å²) in [6.45, 7) is 2.08. The summed E-state index contributed by atoms with van der Waals surface area (Å²) in [6.07, 6.45) is 1.11. The van der Waals surface area contributed by atoms with E-state index in [0.717, 1.165) is 6.42 Å². The third kappa shape index (κ3) is 10.8. The number of halogens is 1. The smallest absolute Gasteiger partial charge is 0.320 e. The van der Waals surface area contributed by atoms with Gasteiger partial charge in [-0.05, 0) is 0 Å². The van der Waals surface area contributed by atoms with Crippen molar-refractivity contribution in [2.24, 2.45) is 0 Å². The van der Waals surface area contributed by atoms with E-state index in [9.17, 15) is 0 Å². The van der Waals surface area contributed by atoms with Crippen LogP contribution in [-0.4, -0.2) is 0 Å². The van der Waals surface area contributed by atoms with Crippen molar-refractivity contribution in [1.29, 1.82) is 0 Å². The molecule has 0 radical (unpaired) electrons. The van der Waals surface area contributed by atoms with E-state index in [1.165, 1.54) is 0 Å². The SMILES string of the molecule is CC[CH-]Br.[Na+]. The van der Waals surface area contributed by atoms with Gasteiger partial charge in [-0.3, -0.25) is 5.33 Å². The normalized spacial score (nSPS) is 6.00. The molecule has 0 bridgehead atoms. The fraction of sp³-hybridized carbons (Fsp3) is 0.667. The molecule has 5 heavy (non-hydrogen) atoms. The molecule has 0 spiro atoms. The molecule has 0 saturated carbocycles. The molecule has 0 N–H and O–H groups in total. The Labute approximate surface area is 63.8 Å². The summed E-state index contributed by atoms with van der Waals surface area (Å²) in [5.74, 6) is 0. The molecular weight excluding hydrogens is 139 g/mol. The molecule has 0 saturated heterocycles. The molecular formula is C3H6BrNa. The molecule has 0 heterocycles. The van der Waals surface area contributed by atoms with Gasteiger partial charge in [0, 0.05) is 0 Å². The van der Waals surface area contributed by atoms with E-state index in [1.54, 1.807) is 0 Å². The number of hydrogen-bond donors (Lipinski definition) is 0. The fourth-order valence-corrected chi connectivity index (χ4v) is 0. The first-order chi connectivity index (χ1) is 1.91. The van der Waals surface area contributed by atoms with Crippen LogP contribution in [0.25, 0.3) is 0 Å². The summed E-state index contributed by atoms with van der Waals surface area (Å²) in [7, 11) is 0. The maximum atomic E-state index is 3.12. The maximum absolute atomic E-state index is 3.12. The maximum Gasteiger partial charge on any atom is 1.00 e. The van der Waals surface area contributed by atoms with Crippen molar-refractivity contribution in [3.63, 3.8) is 0 Å². The summed E-state index contributed by atoms with van der Waals surface area (Å²) in [6, 6.07) is 0. The van der Waals surface area contributed by atoms with Crippen LogP contribution in [0.15, 0.2) is 0 Å².